The molecule has 0 saturated heterocycles. The lowest BCUT2D eigenvalue weighted by atomic mass is 9.88. The molecule has 0 aromatic rings. The Kier molecular flexibility index (Phi) is 39.6. The van der Waals surface area contributed by atoms with Crippen LogP contribution in [-0.4, -0.2) is 84.9 Å². The fourth-order valence-electron chi connectivity index (χ4n) is 9.12. The summed E-state index contributed by atoms with van der Waals surface area (Å²) in [5.41, 5.74) is 0. The summed E-state index contributed by atoms with van der Waals surface area (Å²) in [6, 6.07) is 0.516. The van der Waals surface area contributed by atoms with E-state index in [1.165, 1.54) is 154 Å². The molecule has 1 aliphatic carbocycles. The SMILES string of the molecule is CCCCCCCCC(CCCCCC)COC(=O)CCCCCN(CCCCCC(=O)OCC(CCCCCC)CCCCCCCC)CCN(CCC)C1CC(O)C1. The molecule has 0 radical (unpaired) electrons. The summed E-state index contributed by atoms with van der Waals surface area (Å²) in [5.74, 6) is 1.02. The third-order valence-corrected chi connectivity index (χ3v) is 13.4. The third kappa shape index (κ3) is 33.4. The van der Waals surface area contributed by atoms with E-state index in [-0.39, 0.29) is 18.0 Å². The molecule has 7 heteroatoms. The van der Waals surface area contributed by atoms with E-state index in [0.717, 1.165) is 90.5 Å². The fraction of sp³-hybridized carbons (Fsp3) is 0.962. The third-order valence-electron chi connectivity index (χ3n) is 13.4. The Labute approximate surface area is 374 Å². The number of carbonyl (C=O) groups excluding carboxylic acids is 2. The Hall–Kier alpha value is -1.18. The average Bonchev–Trinajstić information content (AvgIpc) is 3.23. The first-order valence-electron chi connectivity index (χ1n) is 26.8. The van der Waals surface area contributed by atoms with Gasteiger partial charge in [0.1, 0.15) is 0 Å². The summed E-state index contributed by atoms with van der Waals surface area (Å²) in [7, 11) is 0. The van der Waals surface area contributed by atoms with E-state index in [1.807, 2.05) is 0 Å². The topological polar surface area (TPSA) is 79.3 Å². The van der Waals surface area contributed by atoms with Crippen LogP contribution in [0.2, 0.25) is 0 Å². The molecule has 0 aromatic carbocycles. The molecule has 1 rings (SSSR count). The van der Waals surface area contributed by atoms with E-state index < -0.39 is 0 Å². The molecule has 0 aliphatic heterocycles. The van der Waals surface area contributed by atoms with E-state index in [2.05, 4.69) is 44.4 Å². The van der Waals surface area contributed by atoms with Crippen LogP contribution in [-0.2, 0) is 19.1 Å². The van der Waals surface area contributed by atoms with Crippen LogP contribution in [0, 0.1) is 11.8 Å². The summed E-state index contributed by atoms with van der Waals surface area (Å²) in [6.45, 7) is 17.8. The molecule has 60 heavy (non-hydrogen) atoms. The lowest BCUT2D eigenvalue weighted by molar-refractivity contribution is -0.146. The molecule has 0 heterocycles. The molecule has 356 valence electrons. The maximum absolute atomic E-state index is 12.8. The molecule has 1 fully saturated rings. The number of hydrogen-bond donors (Lipinski definition) is 1. The van der Waals surface area contributed by atoms with E-state index in [4.69, 9.17) is 9.47 Å². The van der Waals surface area contributed by atoms with Gasteiger partial charge in [0.2, 0.25) is 0 Å². The van der Waals surface area contributed by atoms with Crippen LogP contribution in [0.5, 0.6) is 0 Å². The van der Waals surface area contributed by atoms with Crippen LogP contribution in [0.25, 0.3) is 0 Å². The molecule has 0 bridgehead atoms. The predicted molar refractivity (Wildman–Crippen MR) is 257 cm³/mol. The summed E-state index contributed by atoms with van der Waals surface area (Å²) in [4.78, 5) is 30.8. The largest absolute Gasteiger partial charge is 0.465 e. The highest BCUT2D eigenvalue weighted by Gasteiger charge is 2.31. The van der Waals surface area contributed by atoms with Gasteiger partial charge in [-0.15, -0.1) is 0 Å². The monoisotopic (exact) mass is 849 g/mol. The van der Waals surface area contributed by atoms with Gasteiger partial charge in [-0.25, -0.2) is 0 Å². The number of esters is 2. The first kappa shape index (κ1) is 56.8. The Morgan fingerprint density at radius 2 is 0.817 bits per heavy atom. The van der Waals surface area contributed by atoms with Crippen LogP contribution in [0.3, 0.4) is 0 Å². The van der Waals surface area contributed by atoms with E-state index in [1.54, 1.807) is 0 Å². The molecule has 1 saturated carbocycles. The fourth-order valence-corrected chi connectivity index (χ4v) is 9.12. The number of unbranched alkanes of at least 4 members (excludes halogenated alkanes) is 20. The van der Waals surface area contributed by atoms with Crippen molar-refractivity contribution in [3.8, 4) is 0 Å². The number of nitrogens with zero attached hydrogens (tertiary/aromatic N) is 2. The smallest absolute Gasteiger partial charge is 0.305 e. The average molecular weight is 849 g/mol. The maximum atomic E-state index is 12.8. The van der Waals surface area contributed by atoms with E-state index >= 15 is 0 Å². The van der Waals surface area contributed by atoms with Crippen LogP contribution in [0.4, 0.5) is 0 Å². The van der Waals surface area contributed by atoms with Crippen molar-refractivity contribution in [1.82, 2.24) is 9.80 Å². The molecule has 1 aliphatic rings. The van der Waals surface area contributed by atoms with E-state index in [0.29, 0.717) is 43.9 Å². The first-order chi connectivity index (χ1) is 29.4. The second-order valence-electron chi connectivity index (χ2n) is 19.2. The van der Waals surface area contributed by atoms with Gasteiger partial charge in [0.15, 0.2) is 0 Å². The minimum atomic E-state index is -0.127. The van der Waals surface area contributed by atoms with Gasteiger partial charge in [0.25, 0.3) is 0 Å². The summed E-state index contributed by atoms with van der Waals surface area (Å²) < 4.78 is 11.8. The minimum Gasteiger partial charge on any atom is -0.465 e. The van der Waals surface area contributed by atoms with Crippen molar-refractivity contribution in [2.45, 2.75) is 271 Å². The molecule has 7 nitrogen and oxygen atoms in total. The van der Waals surface area contributed by atoms with Gasteiger partial charge in [0.05, 0.1) is 19.3 Å². The second kappa shape index (κ2) is 41.8. The van der Waals surface area contributed by atoms with Crippen molar-refractivity contribution in [2.24, 2.45) is 11.8 Å². The molecular formula is C53H104N2O5. The zero-order chi connectivity index (χ0) is 43.7. The lowest BCUT2D eigenvalue weighted by Crippen LogP contribution is -2.49. The Bertz CT molecular complexity index is 884. The Morgan fingerprint density at radius 3 is 1.20 bits per heavy atom. The van der Waals surface area contributed by atoms with Gasteiger partial charge in [0, 0.05) is 32.0 Å². The Balaban J connectivity index is 2.51. The van der Waals surface area contributed by atoms with Gasteiger partial charge in [-0.1, -0.05) is 176 Å². The van der Waals surface area contributed by atoms with Crippen molar-refractivity contribution in [3.63, 3.8) is 0 Å². The molecule has 0 aromatic heterocycles. The van der Waals surface area contributed by atoms with E-state index in [9.17, 15) is 14.7 Å². The van der Waals surface area contributed by atoms with Crippen LogP contribution < -0.4 is 0 Å². The van der Waals surface area contributed by atoms with Crippen LogP contribution in [0.1, 0.15) is 259 Å². The van der Waals surface area contributed by atoms with Crippen molar-refractivity contribution in [3.05, 3.63) is 0 Å². The molecule has 0 amide bonds. The zero-order valence-corrected chi connectivity index (χ0v) is 41.0. The highest BCUT2D eigenvalue weighted by molar-refractivity contribution is 5.69. The predicted octanol–water partition coefficient (Wildman–Crippen LogP) is 14.4. The lowest BCUT2D eigenvalue weighted by Gasteiger charge is -2.41. The van der Waals surface area contributed by atoms with Crippen molar-refractivity contribution < 1.29 is 24.2 Å². The molecular weight excluding hydrogens is 745 g/mol. The normalized spacial score (nSPS) is 16.3. The van der Waals surface area contributed by atoms with Crippen molar-refractivity contribution in [1.29, 1.82) is 0 Å². The van der Waals surface area contributed by atoms with Gasteiger partial charge in [-0.3, -0.25) is 14.5 Å². The first-order valence-corrected chi connectivity index (χ1v) is 26.8. The standard InChI is InChI=1S/C53H104N2O5/c1-6-11-15-19-21-27-35-48(33-25-17-13-8-3)46-59-52(57)37-29-23-31-40-54(42-43-55(39-10-5)50-44-51(56)45-50)41-32-24-30-38-53(58)60-47-49(34-26-18-14-9-4)36-28-22-20-16-12-7-2/h48-51,56H,6-47H2,1-5H3. The highest BCUT2D eigenvalue weighted by atomic mass is 16.5. The number of rotatable bonds is 46. The number of hydrogen-bond acceptors (Lipinski definition) is 7. The van der Waals surface area contributed by atoms with Crippen LogP contribution in [0.15, 0.2) is 0 Å². The maximum Gasteiger partial charge on any atom is 0.305 e. The van der Waals surface area contributed by atoms with Crippen LogP contribution >= 0.6 is 0 Å². The van der Waals surface area contributed by atoms with Gasteiger partial charge < -0.3 is 19.5 Å². The van der Waals surface area contributed by atoms with Crippen molar-refractivity contribution in [2.75, 3.05) is 45.9 Å². The minimum absolute atomic E-state index is 0.00919. The summed E-state index contributed by atoms with van der Waals surface area (Å²) in [6.07, 6.45) is 40.7. The quantitative estimate of drug-likeness (QED) is 0.0483. The number of ether oxygens (including phenoxy) is 2. The Morgan fingerprint density at radius 1 is 0.450 bits per heavy atom. The zero-order valence-electron chi connectivity index (χ0n) is 41.0. The number of carbonyl (C=O) groups is 2. The molecule has 0 spiro atoms. The summed E-state index contributed by atoms with van der Waals surface area (Å²) >= 11 is 0. The second-order valence-corrected chi connectivity index (χ2v) is 19.2. The van der Waals surface area contributed by atoms with Gasteiger partial charge in [-0.05, 0) is 102 Å². The molecule has 2 unspecified atom stereocenters. The number of aliphatic hydroxyl groups excluding tert-OH is 1. The molecule has 2 atom stereocenters. The van der Waals surface area contributed by atoms with Gasteiger partial charge >= 0.3 is 11.9 Å². The summed E-state index contributed by atoms with van der Waals surface area (Å²) in [5, 5.41) is 9.98. The molecule has 1 N–H and O–H groups in total. The van der Waals surface area contributed by atoms with Crippen molar-refractivity contribution >= 4 is 11.9 Å². The highest BCUT2D eigenvalue weighted by Crippen LogP contribution is 2.26. The van der Waals surface area contributed by atoms with Gasteiger partial charge in [-0.2, -0.15) is 0 Å². The number of aliphatic hydroxyl groups is 1.